The van der Waals surface area contributed by atoms with E-state index in [1.54, 1.807) is 0 Å². The third kappa shape index (κ3) is 3.01. The van der Waals surface area contributed by atoms with E-state index in [9.17, 15) is 0 Å². The molecular formula is C18H21Cl. The van der Waals surface area contributed by atoms with Crippen molar-refractivity contribution in [1.82, 2.24) is 0 Å². The van der Waals surface area contributed by atoms with Crippen molar-refractivity contribution in [2.45, 2.75) is 39.5 Å². The summed E-state index contributed by atoms with van der Waals surface area (Å²) in [7, 11) is 0. The number of hydrogen-bond acceptors (Lipinski definition) is 0. The Morgan fingerprint density at radius 2 is 1.47 bits per heavy atom. The van der Waals surface area contributed by atoms with E-state index in [1.165, 1.54) is 16.7 Å². The van der Waals surface area contributed by atoms with Crippen molar-refractivity contribution in [2.75, 3.05) is 0 Å². The van der Waals surface area contributed by atoms with Gasteiger partial charge in [0.15, 0.2) is 0 Å². The van der Waals surface area contributed by atoms with Crippen molar-refractivity contribution >= 4 is 11.6 Å². The first kappa shape index (κ1) is 14.1. The van der Waals surface area contributed by atoms with Crippen LogP contribution in [0, 0.1) is 0 Å². The number of halogens is 1. The van der Waals surface area contributed by atoms with Crippen LogP contribution in [0.15, 0.2) is 42.5 Å². The zero-order valence-electron chi connectivity index (χ0n) is 12.1. The van der Waals surface area contributed by atoms with Crippen LogP contribution < -0.4 is 0 Å². The van der Waals surface area contributed by atoms with Crippen molar-refractivity contribution in [3.8, 4) is 11.1 Å². The van der Waals surface area contributed by atoms with Gasteiger partial charge in [-0.1, -0.05) is 69.6 Å². The van der Waals surface area contributed by atoms with Gasteiger partial charge in [-0.15, -0.1) is 0 Å². The van der Waals surface area contributed by atoms with Crippen molar-refractivity contribution in [2.24, 2.45) is 0 Å². The van der Waals surface area contributed by atoms with E-state index in [2.05, 4.69) is 64.1 Å². The van der Waals surface area contributed by atoms with Gasteiger partial charge in [0.2, 0.25) is 0 Å². The normalized spacial score (nSPS) is 11.3. The molecule has 0 fully saturated rings. The highest BCUT2D eigenvalue weighted by Gasteiger charge is 2.12. The predicted molar refractivity (Wildman–Crippen MR) is 85.1 cm³/mol. The Bertz CT molecular complexity index is 568. The Labute approximate surface area is 121 Å². The quantitative estimate of drug-likeness (QED) is 0.619. The zero-order valence-corrected chi connectivity index (χ0v) is 12.8. The molecule has 1 heteroatoms. The number of rotatable bonds is 3. The van der Waals surface area contributed by atoms with E-state index in [0.29, 0.717) is 11.8 Å². The summed E-state index contributed by atoms with van der Waals surface area (Å²) < 4.78 is 0. The molecule has 0 radical (unpaired) electrons. The van der Waals surface area contributed by atoms with Crippen LogP contribution in [0.1, 0.15) is 50.7 Å². The van der Waals surface area contributed by atoms with E-state index in [0.717, 1.165) is 10.6 Å². The molecule has 0 heterocycles. The summed E-state index contributed by atoms with van der Waals surface area (Å²) in [6, 6.07) is 14.9. The van der Waals surface area contributed by atoms with Crippen LogP contribution in [-0.2, 0) is 0 Å². The topological polar surface area (TPSA) is 0 Å². The molecule has 0 spiro atoms. The van der Waals surface area contributed by atoms with Crippen LogP contribution in [0.3, 0.4) is 0 Å². The largest absolute Gasteiger partial charge is 0.0837 e. The highest BCUT2D eigenvalue weighted by atomic mass is 35.5. The van der Waals surface area contributed by atoms with Gasteiger partial charge < -0.3 is 0 Å². The molecule has 0 aliphatic rings. The van der Waals surface area contributed by atoms with E-state index < -0.39 is 0 Å². The van der Waals surface area contributed by atoms with Crippen LogP contribution >= 0.6 is 11.6 Å². The molecule has 100 valence electrons. The Morgan fingerprint density at radius 1 is 0.789 bits per heavy atom. The second-order valence-electron chi connectivity index (χ2n) is 5.64. The first-order valence-electron chi connectivity index (χ1n) is 6.89. The second-order valence-corrected chi connectivity index (χ2v) is 6.04. The van der Waals surface area contributed by atoms with Crippen LogP contribution in [0.2, 0.25) is 5.02 Å². The molecule has 0 N–H and O–H groups in total. The lowest BCUT2D eigenvalue weighted by Gasteiger charge is -2.16. The van der Waals surface area contributed by atoms with Crippen LogP contribution in [0.25, 0.3) is 11.1 Å². The first-order chi connectivity index (χ1) is 9.00. The van der Waals surface area contributed by atoms with Crippen LogP contribution in [0.4, 0.5) is 0 Å². The zero-order chi connectivity index (χ0) is 14.0. The lowest BCUT2D eigenvalue weighted by molar-refractivity contribution is 0.863. The van der Waals surface area contributed by atoms with Gasteiger partial charge in [0.1, 0.15) is 0 Å². The average molecular weight is 273 g/mol. The maximum absolute atomic E-state index is 6.41. The minimum absolute atomic E-state index is 0.495. The standard InChI is InChI=1S/C18H21Cl/c1-12(2)14-9-10-18(19)17(11-14)16-8-6-5-7-15(16)13(3)4/h5-13H,1-4H3. The second kappa shape index (κ2) is 5.79. The molecule has 0 aromatic heterocycles. The molecule has 19 heavy (non-hydrogen) atoms. The van der Waals surface area contributed by atoms with E-state index >= 15 is 0 Å². The molecule has 0 saturated carbocycles. The third-order valence-corrected chi connectivity index (χ3v) is 3.86. The summed E-state index contributed by atoms with van der Waals surface area (Å²) in [5, 5.41) is 0.831. The average Bonchev–Trinajstić information content (AvgIpc) is 2.39. The van der Waals surface area contributed by atoms with Gasteiger partial charge in [-0.3, -0.25) is 0 Å². The van der Waals surface area contributed by atoms with E-state index in [4.69, 9.17) is 11.6 Å². The van der Waals surface area contributed by atoms with Gasteiger partial charge in [0.25, 0.3) is 0 Å². The molecule has 0 nitrogen and oxygen atoms in total. The summed E-state index contributed by atoms with van der Waals surface area (Å²) in [5.74, 6) is 1.01. The van der Waals surface area contributed by atoms with E-state index in [-0.39, 0.29) is 0 Å². The van der Waals surface area contributed by atoms with Crippen LogP contribution in [0.5, 0.6) is 0 Å². The van der Waals surface area contributed by atoms with Crippen molar-refractivity contribution in [3.05, 3.63) is 58.6 Å². The fraction of sp³-hybridized carbons (Fsp3) is 0.333. The van der Waals surface area contributed by atoms with Gasteiger partial charge >= 0.3 is 0 Å². The van der Waals surface area contributed by atoms with Gasteiger partial charge in [-0.25, -0.2) is 0 Å². The van der Waals surface area contributed by atoms with Crippen molar-refractivity contribution in [3.63, 3.8) is 0 Å². The van der Waals surface area contributed by atoms with Gasteiger partial charge in [0, 0.05) is 10.6 Å². The Hall–Kier alpha value is -1.27. The molecule has 0 aliphatic heterocycles. The molecule has 2 rings (SSSR count). The van der Waals surface area contributed by atoms with Gasteiger partial charge in [-0.2, -0.15) is 0 Å². The third-order valence-electron chi connectivity index (χ3n) is 3.53. The molecule has 2 aromatic carbocycles. The molecule has 0 atom stereocenters. The lowest BCUT2D eigenvalue weighted by Crippen LogP contribution is -1.94. The highest BCUT2D eigenvalue weighted by Crippen LogP contribution is 2.35. The molecule has 0 unspecified atom stereocenters. The summed E-state index contributed by atoms with van der Waals surface area (Å²) in [4.78, 5) is 0. The highest BCUT2D eigenvalue weighted by molar-refractivity contribution is 6.33. The lowest BCUT2D eigenvalue weighted by atomic mass is 9.90. The fourth-order valence-corrected chi connectivity index (χ4v) is 2.57. The molecule has 0 amide bonds. The summed E-state index contributed by atoms with van der Waals surface area (Å²) in [5.41, 5.74) is 5.09. The molecule has 0 bridgehead atoms. The molecule has 0 aliphatic carbocycles. The maximum atomic E-state index is 6.41. The van der Waals surface area contributed by atoms with Crippen molar-refractivity contribution < 1.29 is 0 Å². The number of hydrogen-bond donors (Lipinski definition) is 0. The predicted octanol–water partition coefficient (Wildman–Crippen LogP) is 6.25. The fourth-order valence-electron chi connectivity index (χ4n) is 2.35. The Morgan fingerprint density at radius 3 is 2.11 bits per heavy atom. The number of benzene rings is 2. The van der Waals surface area contributed by atoms with Crippen LogP contribution in [-0.4, -0.2) is 0 Å². The minimum atomic E-state index is 0.495. The summed E-state index contributed by atoms with van der Waals surface area (Å²) >= 11 is 6.41. The monoisotopic (exact) mass is 272 g/mol. The summed E-state index contributed by atoms with van der Waals surface area (Å²) in [6.45, 7) is 8.86. The van der Waals surface area contributed by atoms with Gasteiger partial charge in [-0.05, 0) is 40.7 Å². The molecule has 0 saturated heterocycles. The van der Waals surface area contributed by atoms with Gasteiger partial charge in [0.05, 0.1) is 0 Å². The summed E-state index contributed by atoms with van der Waals surface area (Å²) in [6.07, 6.45) is 0. The SMILES string of the molecule is CC(C)c1ccc(Cl)c(-c2ccccc2C(C)C)c1. The van der Waals surface area contributed by atoms with E-state index in [1.807, 2.05) is 6.07 Å². The smallest absolute Gasteiger partial charge is 0.0484 e. The molecule has 2 aromatic rings. The van der Waals surface area contributed by atoms with Crippen molar-refractivity contribution in [1.29, 1.82) is 0 Å². The maximum Gasteiger partial charge on any atom is 0.0484 e. The molecular weight excluding hydrogens is 252 g/mol. The first-order valence-corrected chi connectivity index (χ1v) is 7.27. The Kier molecular flexibility index (Phi) is 4.31. The minimum Gasteiger partial charge on any atom is -0.0837 e. The Balaban J connectivity index is 2.61.